The van der Waals surface area contributed by atoms with Crippen LogP contribution in [0.15, 0.2) is 24.3 Å². The van der Waals surface area contributed by atoms with Gasteiger partial charge >= 0.3 is 0 Å². The predicted molar refractivity (Wildman–Crippen MR) is 99.0 cm³/mol. The SMILES string of the molecule is CCOc1ccc(CC(=O)NC2CCN(C(=O)CCCCl)CC2)cc1. The zero-order valence-electron chi connectivity index (χ0n) is 14.8. The Morgan fingerprint density at radius 2 is 1.92 bits per heavy atom. The van der Waals surface area contributed by atoms with Crippen LogP contribution in [0.4, 0.5) is 0 Å². The summed E-state index contributed by atoms with van der Waals surface area (Å²) in [6, 6.07) is 7.76. The van der Waals surface area contributed by atoms with E-state index in [4.69, 9.17) is 16.3 Å². The van der Waals surface area contributed by atoms with Crippen LogP contribution in [0.1, 0.15) is 38.2 Å². The molecule has 1 fully saturated rings. The average Bonchev–Trinajstić information content (AvgIpc) is 2.62. The first kappa shape index (κ1) is 19.6. The molecule has 25 heavy (non-hydrogen) atoms. The van der Waals surface area contributed by atoms with Crippen molar-refractivity contribution in [3.8, 4) is 5.75 Å². The second-order valence-corrected chi connectivity index (χ2v) is 6.65. The summed E-state index contributed by atoms with van der Waals surface area (Å²) in [5.74, 6) is 1.53. The smallest absolute Gasteiger partial charge is 0.224 e. The van der Waals surface area contributed by atoms with E-state index >= 15 is 0 Å². The molecule has 2 amide bonds. The van der Waals surface area contributed by atoms with E-state index in [-0.39, 0.29) is 17.9 Å². The molecule has 6 heteroatoms. The number of halogens is 1. The molecule has 2 rings (SSSR count). The summed E-state index contributed by atoms with van der Waals surface area (Å²) in [6.45, 7) is 3.98. The van der Waals surface area contributed by atoms with Gasteiger partial charge in [0.2, 0.25) is 11.8 Å². The van der Waals surface area contributed by atoms with Gasteiger partial charge in [-0.2, -0.15) is 0 Å². The maximum absolute atomic E-state index is 12.2. The molecule has 0 radical (unpaired) electrons. The molecule has 0 spiro atoms. The summed E-state index contributed by atoms with van der Waals surface area (Å²) in [7, 11) is 0. The zero-order valence-corrected chi connectivity index (χ0v) is 15.6. The second kappa shape index (κ2) is 10.3. The third-order valence-corrected chi connectivity index (χ3v) is 4.60. The van der Waals surface area contributed by atoms with Gasteiger partial charge in [0.1, 0.15) is 5.75 Å². The van der Waals surface area contributed by atoms with Crippen molar-refractivity contribution in [3.05, 3.63) is 29.8 Å². The number of alkyl halides is 1. The molecule has 1 aromatic rings. The summed E-state index contributed by atoms with van der Waals surface area (Å²) in [4.78, 5) is 26.1. The molecule has 1 aliphatic rings. The monoisotopic (exact) mass is 366 g/mol. The number of hydrogen-bond donors (Lipinski definition) is 1. The molecule has 5 nitrogen and oxygen atoms in total. The van der Waals surface area contributed by atoms with Crippen LogP contribution in [-0.2, 0) is 16.0 Å². The molecule has 138 valence electrons. The number of likely N-dealkylation sites (tertiary alicyclic amines) is 1. The first-order valence-electron chi connectivity index (χ1n) is 8.97. The lowest BCUT2D eigenvalue weighted by Gasteiger charge is -2.32. The summed E-state index contributed by atoms with van der Waals surface area (Å²) in [6.07, 6.45) is 3.21. The van der Waals surface area contributed by atoms with Crippen molar-refractivity contribution in [1.82, 2.24) is 10.2 Å². The minimum Gasteiger partial charge on any atom is -0.494 e. The number of hydrogen-bond acceptors (Lipinski definition) is 3. The first-order chi connectivity index (χ1) is 12.1. The fraction of sp³-hybridized carbons (Fsp3) is 0.579. The van der Waals surface area contributed by atoms with Crippen molar-refractivity contribution in [3.63, 3.8) is 0 Å². The van der Waals surface area contributed by atoms with Crippen molar-refractivity contribution in [2.45, 2.75) is 45.1 Å². The van der Waals surface area contributed by atoms with Gasteiger partial charge in [-0.25, -0.2) is 0 Å². The highest BCUT2D eigenvalue weighted by atomic mass is 35.5. The molecule has 0 aliphatic carbocycles. The number of carbonyl (C=O) groups is 2. The lowest BCUT2D eigenvalue weighted by molar-refractivity contribution is -0.132. The molecular formula is C19H27ClN2O3. The molecule has 0 saturated carbocycles. The third-order valence-electron chi connectivity index (χ3n) is 4.34. The molecule has 0 bridgehead atoms. The maximum atomic E-state index is 12.2. The summed E-state index contributed by atoms with van der Waals surface area (Å²) in [5, 5.41) is 3.08. The highest BCUT2D eigenvalue weighted by Gasteiger charge is 2.23. The van der Waals surface area contributed by atoms with E-state index in [2.05, 4.69) is 5.32 Å². The van der Waals surface area contributed by atoms with E-state index in [9.17, 15) is 9.59 Å². The van der Waals surface area contributed by atoms with Gasteiger partial charge in [-0.15, -0.1) is 11.6 Å². The Morgan fingerprint density at radius 1 is 1.24 bits per heavy atom. The predicted octanol–water partition coefficient (Wildman–Crippen LogP) is 2.75. The Hall–Kier alpha value is -1.75. The fourth-order valence-electron chi connectivity index (χ4n) is 2.98. The van der Waals surface area contributed by atoms with Crippen LogP contribution in [0.25, 0.3) is 0 Å². The lowest BCUT2D eigenvalue weighted by atomic mass is 10.0. The van der Waals surface area contributed by atoms with Crippen molar-refractivity contribution in [1.29, 1.82) is 0 Å². The van der Waals surface area contributed by atoms with Gasteiger partial charge in [0.05, 0.1) is 13.0 Å². The van der Waals surface area contributed by atoms with Crippen LogP contribution in [0.3, 0.4) is 0 Å². The Balaban J connectivity index is 1.72. The van der Waals surface area contributed by atoms with Crippen LogP contribution < -0.4 is 10.1 Å². The minimum absolute atomic E-state index is 0.0241. The summed E-state index contributed by atoms with van der Waals surface area (Å²) >= 11 is 5.63. The Labute approximate surface area is 154 Å². The number of amides is 2. The van der Waals surface area contributed by atoms with Crippen LogP contribution >= 0.6 is 11.6 Å². The maximum Gasteiger partial charge on any atom is 0.224 e. The number of carbonyl (C=O) groups excluding carboxylic acids is 2. The Bertz CT molecular complexity index is 554. The number of ether oxygens (including phenoxy) is 1. The quantitative estimate of drug-likeness (QED) is 0.720. The van der Waals surface area contributed by atoms with Gasteiger partial charge in [0, 0.05) is 31.4 Å². The number of piperidine rings is 1. The van der Waals surface area contributed by atoms with Crippen LogP contribution in [-0.4, -0.2) is 48.3 Å². The molecular weight excluding hydrogens is 340 g/mol. The van der Waals surface area contributed by atoms with Gasteiger partial charge in [-0.3, -0.25) is 9.59 Å². The van der Waals surface area contributed by atoms with Crippen LogP contribution in [0.2, 0.25) is 0 Å². The van der Waals surface area contributed by atoms with Crippen LogP contribution in [0.5, 0.6) is 5.75 Å². The molecule has 0 aromatic heterocycles. The van der Waals surface area contributed by atoms with Crippen molar-refractivity contribution < 1.29 is 14.3 Å². The molecule has 1 aromatic carbocycles. The van der Waals surface area contributed by atoms with Gasteiger partial charge in [-0.1, -0.05) is 12.1 Å². The number of benzene rings is 1. The molecule has 0 atom stereocenters. The molecule has 1 saturated heterocycles. The van der Waals surface area contributed by atoms with Crippen molar-refractivity contribution >= 4 is 23.4 Å². The summed E-state index contributed by atoms with van der Waals surface area (Å²) < 4.78 is 5.40. The van der Waals surface area contributed by atoms with Gasteiger partial charge in [0.15, 0.2) is 0 Å². The standard InChI is InChI=1S/C19H27ClN2O3/c1-2-25-17-7-5-15(6-8-17)14-18(23)21-16-9-12-22(13-10-16)19(24)4-3-11-20/h5-8,16H,2-4,9-14H2,1H3,(H,21,23). The van der Waals surface area contributed by atoms with Gasteiger partial charge < -0.3 is 15.0 Å². The highest BCUT2D eigenvalue weighted by Crippen LogP contribution is 2.14. The second-order valence-electron chi connectivity index (χ2n) is 6.27. The van der Waals surface area contributed by atoms with Gasteiger partial charge in [-0.05, 0) is 43.9 Å². The first-order valence-corrected chi connectivity index (χ1v) is 9.50. The highest BCUT2D eigenvalue weighted by molar-refractivity contribution is 6.17. The van der Waals surface area contributed by atoms with E-state index in [1.165, 1.54) is 0 Å². The molecule has 1 aliphatic heterocycles. The van der Waals surface area contributed by atoms with E-state index in [0.717, 1.165) is 30.6 Å². The number of nitrogens with one attached hydrogen (secondary N) is 1. The van der Waals surface area contributed by atoms with Crippen molar-refractivity contribution in [2.75, 3.05) is 25.6 Å². The molecule has 1 heterocycles. The number of nitrogens with zero attached hydrogens (tertiary/aromatic N) is 1. The third kappa shape index (κ3) is 6.58. The lowest BCUT2D eigenvalue weighted by Crippen LogP contribution is -2.46. The molecule has 1 N–H and O–H groups in total. The van der Waals surface area contributed by atoms with E-state index in [1.54, 1.807) is 0 Å². The van der Waals surface area contributed by atoms with Crippen molar-refractivity contribution in [2.24, 2.45) is 0 Å². The van der Waals surface area contributed by atoms with Gasteiger partial charge in [0.25, 0.3) is 0 Å². The summed E-state index contributed by atoms with van der Waals surface area (Å²) in [5.41, 5.74) is 0.967. The van der Waals surface area contributed by atoms with E-state index < -0.39 is 0 Å². The molecule has 0 unspecified atom stereocenters. The van der Waals surface area contributed by atoms with E-state index in [0.29, 0.717) is 38.4 Å². The Morgan fingerprint density at radius 3 is 2.52 bits per heavy atom. The number of rotatable bonds is 8. The Kier molecular flexibility index (Phi) is 8.06. The van der Waals surface area contributed by atoms with Crippen LogP contribution in [0, 0.1) is 0 Å². The minimum atomic E-state index is 0.0241. The normalized spacial score (nSPS) is 15.0. The fourth-order valence-corrected chi connectivity index (χ4v) is 3.12. The van der Waals surface area contributed by atoms with E-state index in [1.807, 2.05) is 36.1 Å². The average molecular weight is 367 g/mol. The topological polar surface area (TPSA) is 58.6 Å². The largest absolute Gasteiger partial charge is 0.494 e. The zero-order chi connectivity index (χ0) is 18.1.